The molecule has 0 bridgehead atoms. The highest BCUT2D eigenvalue weighted by molar-refractivity contribution is 6.07. The molecule has 0 saturated heterocycles. The van der Waals surface area contributed by atoms with Crippen LogP contribution in [0.2, 0.25) is 0 Å². The minimum Gasteiger partial charge on any atom is -0.494 e. The molecule has 0 saturated carbocycles. The average Bonchev–Trinajstić information content (AvgIpc) is 2.52. The van der Waals surface area contributed by atoms with E-state index in [9.17, 15) is 19.3 Å². The number of nitro benzene ring substituents is 1. The van der Waals surface area contributed by atoms with Gasteiger partial charge in [0.25, 0.3) is 5.69 Å². The highest BCUT2D eigenvalue weighted by Crippen LogP contribution is 2.19. The van der Waals surface area contributed by atoms with Gasteiger partial charge in [0.15, 0.2) is 17.3 Å². The lowest BCUT2D eigenvalue weighted by Gasteiger charge is -2.01. The van der Waals surface area contributed by atoms with Crippen molar-refractivity contribution in [3.8, 4) is 5.75 Å². The fraction of sp³-hybridized carbons (Fsp3) is 0.0625. The van der Waals surface area contributed by atoms with Gasteiger partial charge in [0, 0.05) is 17.7 Å². The van der Waals surface area contributed by atoms with Gasteiger partial charge in [-0.25, -0.2) is 4.39 Å². The number of carbonyl (C=O) groups is 1. The van der Waals surface area contributed by atoms with Crippen molar-refractivity contribution < 1.29 is 18.8 Å². The number of allylic oxidation sites excluding steroid dienone is 1. The Hall–Kier alpha value is -3.02. The van der Waals surface area contributed by atoms with Gasteiger partial charge in [-0.2, -0.15) is 0 Å². The van der Waals surface area contributed by atoms with E-state index < -0.39 is 16.5 Å². The van der Waals surface area contributed by atoms with Crippen LogP contribution < -0.4 is 4.74 Å². The van der Waals surface area contributed by atoms with Gasteiger partial charge in [-0.1, -0.05) is 24.3 Å². The van der Waals surface area contributed by atoms with E-state index in [2.05, 4.69) is 0 Å². The third-order valence-electron chi connectivity index (χ3n) is 2.94. The molecule has 0 N–H and O–H groups in total. The zero-order chi connectivity index (χ0) is 16.1. The second kappa shape index (κ2) is 6.62. The van der Waals surface area contributed by atoms with Crippen LogP contribution in [0.5, 0.6) is 5.75 Å². The van der Waals surface area contributed by atoms with Crippen molar-refractivity contribution >= 4 is 17.5 Å². The van der Waals surface area contributed by atoms with Crippen LogP contribution in [0.4, 0.5) is 10.1 Å². The first kappa shape index (κ1) is 15.4. The van der Waals surface area contributed by atoms with Crippen LogP contribution in [-0.2, 0) is 0 Å². The van der Waals surface area contributed by atoms with Gasteiger partial charge >= 0.3 is 0 Å². The molecule has 0 aliphatic rings. The number of nitrogens with zero attached hydrogens (tertiary/aromatic N) is 1. The summed E-state index contributed by atoms with van der Waals surface area (Å²) in [5.74, 6) is -0.825. The molecule has 0 atom stereocenters. The van der Waals surface area contributed by atoms with Crippen LogP contribution in [0.1, 0.15) is 15.9 Å². The summed E-state index contributed by atoms with van der Waals surface area (Å²) < 4.78 is 18.3. The van der Waals surface area contributed by atoms with E-state index >= 15 is 0 Å². The highest BCUT2D eigenvalue weighted by Gasteiger charge is 2.09. The quantitative estimate of drug-likeness (QED) is 0.366. The topological polar surface area (TPSA) is 69.4 Å². The van der Waals surface area contributed by atoms with Crippen LogP contribution in [0, 0.1) is 15.9 Å². The Morgan fingerprint density at radius 3 is 2.68 bits per heavy atom. The molecule has 0 aromatic heterocycles. The minimum atomic E-state index is -0.570. The second-order valence-electron chi connectivity index (χ2n) is 4.40. The summed E-state index contributed by atoms with van der Waals surface area (Å²) in [6, 6.07) is 9.70. The van der Waals surface area contributed by atoms with Crippen molar-refractivity contribution in [2.45, 2.75) is 0 Å². The lowest BCUT2D eigenvalue weighted by Crippen LogP contribution is -1.96. The van der Waals surface area contributed by atoms with Gasteiger partial charge in [0.05, 0.1) is 12.0 Å². The number of non-ortho nitro benzene ring substituents is 1. The third-order valence-corrected chi connectivity index (χ3v) is 2.94. The normalized spacial score (nSPS) is 10.6. The molecule has 2 aromatic carbocycles. The van der Waals surface area contributed by atoms with Crippen molar-refractivity contribution in [3.63, 3.8) is 0 Å². The lowest BCUT2D eigenvalue weighted by atomic mass is 10.1. The van der Waals surface area contributed by atoms with E-state index in [4.69, 9.17) is 4.74 Å². The zero-order valence-electron chi connectivity index (χ0n) is 11.7. The molecule has 0 spiro atoms. The fourth-order valence-electron chi connectivity index (χ4n) is 1.83. The predicted octanol–water partition coefficient (Wildman–Crippen LogP) is 3.64. The van der Waals surface area contributed by atoms with Crippen LogP contribution in [-0.4, -0.2) is 17.8 Å². The Morgan fingerprint density at radius 2 is 2.05 bits per heavy atom. The summed E-state index contributed by atoms with van der Waals surface area (Å²) in [7, 11) is 1.36. The summed E-state index contributed by atoms with van der Waals surface area (Å²) in [5.41, 5.74) is 0.520. The number of hydrogen-bond donors (Lipinski definition) is 0. The molecule has 0 heterocycles. The molecule has 0 aliphatic heterocycles. The summed E-state index contributed by atoms with van der Waals surface area (Å²) in [6.07, 6.45) is 2.67. The summed E-state index contributed by atoms with van der Waals surface area (Å²) in [4.78, 5) is 22.1. The molecule has 0 aliphatic carbocycles. The number of carbonyl (C=O) groups excluding carboxylic acids is 1. The first-order valence-electron chi connectivity index (χ1n) is 6.31. The fourth-order valence-corrected chi connectivity index (χ4v) is 1.83. The van der Waals surface area contributed by atoms with Crippen molar-refractivity contribution in [3.05, 3.63) is 75.6 Å². The number of ketones is 1. The molecule has 5 nitrogen and oxygen atoms in total. The molecule has 6 heteroatoms. The van der Waals surface area contributed by atoms with E-state index in [1.165, 1.54) is 55.7 Å². The predicted molar refractivity (Wildman–Crippen MR) is 79.4 cm³/mol. The molecule has 2 rings (SSSR count). The SMILES string of the molecule is COc1ccc(/C=C/C(=O)c2cccc([N+](=O)[O-])c2)cc1F. The first-order valence-corrected chi connectivity index (χ1v) is 6.31. The molecule has 0 fully saturated rings. The Balaban J connectivity index is 2.19. The van der Waals surface area contributed by atoms with Crippen molar-refractivity contribution in [2.75, 3.05) is 7.11 Å². The Labute approximate surface area is 125 Å². The number of nitro groups is 1. The average molecular weight is 301 g/mol. The lowest BCUT2D eigenvalue weighted by molar-refractivity contribution is -0.384. The van der Waals surface area contributed by atoms with Crippen LogP contribution in [0.15, 0.2) is 48.5 Å². The van der Waals surface area contributed by atoms with Gasteiger partial charge in [0.1, 0.15) is 0 Å². The van der Waals surface area contributed by atoms with E-state index in [0.29, 0.717) is 5.56 Å². The molecule has 0 radical (unpaired) electrons. The van der Waals surface area contributed by atoms with Crippen LogP contribution in [0.25, 0.3) is 6.08 Å². The summed E-state index contributed by atoms with van der Waals surface area (Å²) in [5, 5.41) is 10.7. The van der Waals surface area contributed by atoms with Crippen LogP contribution in [0.3, 0.4) is 0 Å². The maximum absolute atomic E-state index is 13.5. The zero-order valence-corrected chi connectivity index (χ0v) is 11.7. The molecule has 22 heavy (non-hydrogen) atoms. The number of halogens is 1. The Bertz CT molecular complexity index is 756. The largest absolute Gasteiger partial charge is 0.494 e. The van der Waals surface area contributed by atoms with E-state index in [1.807, 2.05) is 0 Å². The van der Waals surface area contributed by atoms with Crippen molar-refractivity contribution in [2.24, 2.45) is 0 Å². The first-order chi connectivity index (χ1) is 10.5. The maximum atomic E-state index is 13.5. The molecule has 112 valence electrons. The highest BCUT2D eigenvalue weighted by atomic mass is 19.1. The van der Waals surface area contributed by atoms with Gasteiger partial charge in [-0.15, -0.1) is 0 Å². The van der Waals surface area contributed by atoms with Crippen molar-refractivity contribution in [1.29, 1.82) is 0 Å². The molecule has 0 amide bonds. The number of methoxy groups -OCH3 is 1. The monoisotopic (exact) mass is 301 g/mol. The number of ether oxygens (including phenoxy) is 1. The van der Waals surface area contributed by atoms with Gasteiger partial charge < -0.3 is 4.74 Å². The Kier molecular flexibility index (Phi) is 4.63. The van der Waals surface area contributed by atoms with Gasteiger partial charge in [0.2, 0.25) is 0 Å². The van der Waals surface area contributed by atoms with Gasteiger partial charge in [-0.05, 0) is 23.8 Å². The molecular formula is C16H12FNO4. The second-order valence-corrected chi connectivity index (χ2v) is 4.40. The minimum absolute atomic E-state index is 0.113. The standard InChI is InChI=1S/C16H12FNO4/c1-22-16-8-6-11(9-14(16)17)5-7-15(19)12-3-2-4-13(10-12)18(20)21/h2-10H,1H3/b7-5+. The molecule has 0 unspecified atom stereocenters. The molecule has 2 aromatic rings. The van der Waals surface area contributed by atoms with Crippen molar-refractivity contribution in [1.82, 2.24) is 0 Å². The maximum Gasteiger partial charge on any atom is 0.270 e. The van der Waals surface area contributed by atoms with E-state index in [0.717, 1.165) is 0 Å². The molecular weight excluding hydrogens is 289 g/mol. The van der Waals surface area contributed by atoms with Gasteiger partial charge in [-0.3, -0.25) is 14.9 Å². The number of hydrogen-bond acceptors (Lipinski definition) is 4. The smallest absolute Gasteiger partial charge is 0.270 e. The Morgan fingerprint density at radius 1 is 1.27 bits per heavy atom. The third kappa shape index (κ3) is 3.54. The van der Waals surface area contributed by atoms with E-state index in [-0.39, 0.29) is 17.0 Å². The van der Waals surface area contributed by atoms with E-state index in [1.54, 1.807) is 6.07 Å². The summed E-state index contributed by atoms with van der Waals surface area (Å²) in [6.45, 7) is 0. The number of rotatable bonds is 5. The summed E-state index contributed by atoms with van der Waals surface area (Å²) >= 11 is 0. The number of benzene rings is 2. The van der Waals surface area contributed by atoms with Crippen LogP contribution >= 0.6 is 0 Å².